The first-order chi connectivity index (χ1) is 16.9. The van der Waals surface area contributed by atoms with Gasteiger partial charge in [0.1, 0.15) is 23.1 Å². The molecular weight excluding hydrogens is 445 g/mol. The zero-order valence-electron chi connectivity index (χ0n) is 20.8. The van der Waals surface area contributed by atoms with E-state index in [1.807, 2.05) is 61.7 Å². The van der Waals surface area contributed by atoms with E-state index in [0.29, 0.717) is 23.4 Å². The molecule has 7 heteroatoms. The Morgan fingerprint density at radius 1 is 0.971 bits per heavy atom. The second kappa shape index (κ2) is 10.2. The molecule has 0 unspecified atom stereocenters. The molecule has 0 aliphatic rings. The highest BCUT2D eigenvalue weighted by molar-refractivity contribution is 5.97. The number of imidazole rings is 1. The van der Waals surface area contributed by atoms with E-state index < -0.39 is 0 Å². The van der Waals surface area contributed by atoms with E-state index >= 15 is 0 Å². The molecule has 0 aliphatic heterocycles. The third-order valence-electron chi connectivity index (χ3n) is 6.09. The zero-order chi connectivity index (χ0) is 25.1. The van der Waals surface area contributed by atoms with Crippen LogP contribution in [0.25, 0.3) is 16.7 Å². The quantitative estimate of drug-likeness (QED) is 0.321. The SMILES string of the molecule is CCCN(Cc1nc2cc(F)ccc2n1-c1ccc(OC)cc1)C(=O)c1c(C)cc(OC)cc1C. The lowest BCUT2D eigenvalue weighted by Gasteiger charge is -2.24. The molecule has 35 heavy (non-hydrogen) atoms. The molecule has 0 spiro atoms. The fourth-order valence-electron chi connectivity index (χ4n) is 4.46. The van der Waals surface area contributed by atoms with Crippen molar-refractivity contribution < 1.29 is 18.7 Å². The number of amides is 1. The molecule has 0 saturated carbocycles. The Morgan fingerprint density at radius 3 is 2.23 bits per heavy atom. The number of fused-ring (bicyclic) bond motifs is 1. The summed E-state index contributed by atoms with van der Waals surface area (Å²) in [6.07, 6.45) is 0.789. The average Bonchev–Trinajstić information content (AvgIpc) is 3.19. The van der Waals surface area contributed by atoms with E-state index in [2.05, 4.69) is 0 Å². The van der Waals surface area contributed by atoms with Gasteiger partial charge in [-0.1, -0.05) is 6.92 Å². The number of carbonyl (C=O) groups excluding carboxylic acids is 1. The molecule has 0 aliphatic carbocycles. The van der Waals surface area contributed by atoms with Crippen LogP contribution >= 0.6 is 0 Å². The van der Waals surface area contributed by atoms with Crippen molar-refractivity contribution in [2.24, 2.45) is 0 Å². The van der Waals surface area contributed by atoms with Crippen LogP contribution in [0.2, 0.25) is 0 Å². The molecular formula is C28H30FN3O3. The first kappa shape index (κ1) is 24.3. The molecule has 0 atom stereocenters. The molecule has 0 radical (unpaired) electrons. The van der Waals surface area contributed by atoms with Gasteiger partial charge in [0.2, 0.25) is 0 Å². The van der Waals surface area contributed by atoms with E-state index in [9.17, 15) is 9.18 Å². The minimum Gasteiger partial charge on any atom is -0.497 e. The Bertz CT molecular complexity index is 1340. The molecule has 3 aromatic carbocycles. The topological polar surface area (TPSA) is 56.6 Å². The molecule has 0 fully saturated rings. The third kappa shape index (κ3) is 4.85. The van der Waals surface area contributed by atoms with E-state index in [1.165, 1.54) is 12.1 Å². The number of carbonyl (C=O) groups is 1. The normalized spacial score (nSPS) is 11.0. The van der Waals surface area contributed by atoms with Crippen molar-refractivity contribution in [2.45, 2.75) is 33.7 Å². The number of hydrogen-bond acceptors (Lipinski definition) is 4. The number of rotatable bonds is 8. The third-order valence-corrected chi connectivity index (χ3v) is 6.09. The summed E-state index contributed by atoms with van der Waals surface area (Å²) < 4.78 is 26.7. The summed E-state index contributed by atoms with van der Waals surface area (Å²) in [5, 5.41) is 0. The number of aromatic nitrogens is 2. The van der Waals surface area contributed by atoms with Crippen LogP contribution in [0.5, 0.6) is 11.5 Å². The van der Waals surface area contributed by atoms with Crippen molar-refractivity contribution >= 4 is 16.9 Å². The molecule has 1 heterocycles. The van der Waals surface area contributed by atoms with Crippen molar-refractivity contribution in [3.63, 3.8) is 0 Å². The lowest BCUT2D eigenvalue weighted by Crippen LogP contribution is -2.33. The Kier molecular flexibility index (Phi) is 7.05. The van der Waals surface area contributed by atoms with Crippen LogP contribution in [-0.4, -0.2) is 41.1 Å². The van der Waals surface area contributed by atoms with E-state index in [4.69, 9.17) is 14.5 Å². The maximum Gasteiger partial charge on any atom is 0.254 e. The number of nitrogens with zero attached hydrogens (tertiary/aromatic N) is 3. The van der Waals surface area contributed by atoms with Crippen molar-refractivity contribution in [3.05, 3.63) is 82.9 Å². The van der Waals surface area contributed by atoms with Crippen LogP contribution in [0.4, 0.5) is 4.39 Å². The summed E-state index contributed by atoms with van der Waals surface area (Å²) in [7, 11) is 3.23. The van der Waals surface area contributed by atoms with E-state index in [-0.39, 0.29) is 18.3 Å². The molecule has 0 saturated heterocycles. The molecule has 0 bridgehead atoms. The van der Waals surface area contributed by atoms with Gasteiger partial charge in [0, 0.05) is 23.9 Å². The summed E-state index contributed by atoms with van der Waals surface area (Å²) in [6, 6.07) is 15.9. The van der Waals surface area contributed by atoms with E-state index in [1.54, 1.807) is 25.2 Å². The number of halogens is 1. The fourth-order valence-corrected chi connectivity index (χ4v) is 4.46. The standard InChI is InChI=1S/C28H30FN3O3/c1-6-13-31(28(33)27-18(2)14-23(35-5)15-19(27)3)17-26-30-24-16-20(29)7-12-25(24)32(26)21-8-10-22(34-4)11-9-21/h7-12,14-16H,6,13,17H2,1-5H3. The van der Waals surface area contributed by atoms with Crippen LogP contribution in [0.3, 0.4) is 0 Å². The van der Waals surface area contributed by atoms with Gasteiger partial charge < -0.3 is 14.4 Å². The Hall–Kier alpha value is -3.87. The summed E-state index contributed by atoms with van der Waals surface area (Å²) >= 11 is 0. The van der Waals surface area contributed by atoms with Crippen molar-refractivity contribution in [3.8, 4) is 17.2 Å². The van der Waals surface area contributed by atoms with Gasteiger partial charge in [-0.05, 0) is 79.9 Å². The number of aryl methyl sites for hydroxylation is 2. The highest BCUT2D eigenvalue weighted by Crippen LogP contribution is 2.27. The molecule has 182 valence electrons. The van der Waals surface area contributed by atoms with Crippen LogP contribution in [0, 0.1) is 19.7 Å². The van der Waals surface area contributed by atoms with Crippen molar-refractivity contribution in [1.82, 2.24) is 14.5 Å². The fraction of sp³-hybridized carbons (Fsp3) is 0.286. The lowest BCUT2D eigenvalue weighted by molar-refractivity contribution is 0.0737. The van der Waals surface area contributed by atoms with Gasteiger partial charge in [0.05, 0.1) is 31.8 Å². The molecule has 1 amide bonds. The Morgan fingerprint density at radius 2 is 1.63 bits per heavy atom. The van der Waals surface area contributed by atoms with Gasteiger partial charge in [-0.15, -0.1) is 0 Å². The minimum absolute atomic E-state index is 0.0657. The zero-order valence-corrected chi connectivity index (χ0v) is 20.8. The monoisotopic (exact) mass is 475 g/mol. The minimum atomic E-state index is -0.352. The van der Waals surface area contributed by atoms with Crippen LogP contribution in [-0.2, 0) is 6.54 Å². The second-order valence-corrected chi connectivity index (χ2v) is 8.56. The first-order valence-electron chi connectivity index (χ1n) is 11.6. The number of ether oxygens (including phenoxy) is 2. The van der Waals surface area contributed by atoms with Crippen LogP contribution in [0.1, 0.15) is 40.7 Å². The molecule has 4 rings (SSSR count). The largest absolute Gasteiger partial charge is 0.497 e. The van der Waals surface area contributed by atoms with Gasteiger partial charge >= 0.3 is 0 Å². The Balaban J connectivity index is 1.79. The molecule has 0 N–H and O–H groups in total. The lowest BCUT2D eigenvalue weighted by atomic mass is 10.0. The van der Waals surface area contributed by atoms with Gasteiger partial charge in [0.15, 0.2) is 0 Å². The highest BCUT2D eigenvalue weighted by Gasteiger charge is 2.23. The average molecular weight is 476 g/mol. The summed E-state index contributed by atoms with van der Waals surface area (Å²) in [4.78, 5) is 20.3. The maximum absolute atomic E-state index is 14.0. The van der Waals surface area contributed by atoms with Gasteiger partial charge in [-0.25, -0.2) is 9.37 Å². The molecule has 1 aromatic heterocycles. The number of benzene rings is 3. The predicted molar refractivity (Wildman–Crippen MR) is 135 cm³/mol. The van der Waals surface area contributed by atoms with Crippen molar-refractivity contribution in [2.75, 3.05) is 20.8 Å². The van der Waals surface area contributed by atoms with Crippen LogP contribution in [0.15, 0.2) is 54.6 Å². The van der Waals surface area contributed by atoms with Gasteiger partial charge in [-0.2, -0.15) is 0 Å². The van der Waals surface area contributed by atoms with Crippen molar-refractivity contribution in [1.29, 1.82) is 0 Å². The van der Waals surface area contributed by atoms with Gasteiger partial charge in [-0.3, -0.25) is 9.36 Å². The smallest absolute Gasteiger partial charge is 0.254 e. The summed E-state index contributed by atoms with van der Waals surface area (Å²) in [6.45, 7) is 6.71. The maximum atomic E-state index is 14.0. The molecule has 6 nitrogen and oxygen atoms in total. The van der Waals surface area contributed by atoms with Crippen LogP contribution < -0.4 is 9.47 Å². The number of methoxy groups -OCH3 is 2. The van der Waals surface area contributed by atoms with Gasteiger partial charge in [0.25, 0.3) is 5.91 Å². The summed E-state index contributed by atoms with van der Waals surface area (Å²) in [5.41, 5.74) is 4.55. The Labute approximate surface area is 204 Å². The molecule has 4 aromatic rings. The highest BCUT2D eigenvalue weighted by atomic mass is 19.1. The first-order valence-corrected chi connectivity index (χ1v) is 11.6. The predicted octanol–water partition coefficient (Wildman–Crippen LogP) is 5.85. The van der Waals surface area contributed by atoms with E-state index in [0.717, 1.165) is 40.3 Å². The second-order valence-electron chi connectivity index (χ2n) is 8.56. The number of hydrogen-bond donors (Lipinski definition) is 0. The summed E-state index contributed by atoms with van der Waals surface area (Å²) in [5.74, 6) is 1.70.